The first-order valence-corrected chi connectivity index (χ1v) is 21.2. The fourth-order valence-corrected chi connectivity index (χ4v) is 8.16. The van der Waals surface area contributed by atoms with Crippen LogP contribution >= 0.6 is 12.2 Å². The van der Waals surface area contributed by atoms with Crippen LogP contribution < -0.4 is 31.6 Å². The summed E-state index contributed by atoms with van der Waals surface area (Å²) in [6.45, 7) is 1.29. The molecule has 17 nitrogen and oxygen atoms in total. The highest BCUT2D eigenvalue weighted by molar-refractivity contribution is 7.88. The molecule has 6 rings (SSSR count). The molecule has 6 N–H and O–H groups in total. The standard InChI is InChI=1S/C17H19F2N5O4S.C17H19F2N5O3S2/c1-28-12-4-3-11(18)14(19)13(12)15(25)10-7-21-17(23-16(10)20)22-9-5-6-24(8-9)29(2,26)27;1-27-12-4-3-11(18)14(19)13(12)15(28)10-7-21-17(23-16(10)20)22-9-5-6-24(8-9)29(2,25)26/h2*3-4,7,9H,5-6,8H2,1-2H3,(H3,20,21,22,23). The van der Waals surface area contributed by atoms with Gasteiger partial charge < -0.3 is 31.6 Å². The second-order valence-electron chi connectivity index (χ2n) is 13.0. The zero-order chi connectivity index (χ0) is 42.7. The summed E-state index contributed by atoms with van der Waals surface area (Å²) < 4.78 is 115. The van der Waals surface area contributed by atoms with Crippen LogP contribution in [0.1, 0.15) is 39.9 Å². The van der Waals surface area contributed by atoms with Gasteiger partial charge in [-0.25, -0.2) is 53.0 Å². The van der Waals surface area contributed by atoms with E-state index in [1.807, 2.05) is 0 Å². The minimum absolute atomic E-state index is 0.0313. The molecule has 2 aromatic carbocycles. The van der Waals surface area contributed by atoms with Gasteiger partial charge in [0.05, 0.1) is 48.3 Å². The number of sulfonamides is 2. The molecule has 2 aliphatic heterocycles. The van der Waals surface area contributed by atoms with Crippen LogP contribution in [0.5, 0.6) is 11.5 Å². The van der Waals surface area contributed by atoms with Gasteiger partial charge in [0, 0.05) is 50.7 Å². The van der Waals surface area contributed by atoms with Gasteiger partial charge in [-0.15, -0.1) is 0 Å². The molecule has 2 aromatic heterocycles. The second-order valence-corrected chi connectivity index (χ2v) is 17.4. The number of aromatic nitrogens is 4. The van der Waals surface area contributed by atoms with Gasteiger partial charge in [0.25, 0.3) is 0 Å². The van der Waals surface area contributed by atoms with E-state index in [4.69, 9.17) is 33.2 Å². The van der Waals surface area contributed by atoms with E-state index in [9.17, 15) is 39.2 Å². The summed E-state index contributed by atoms with van der Waals surface area (Å²) in [5.74, 6) is -5.80. The summed E-state index contributed by atoms with van der Waals surface area (Å²) in [6.07, 6.45) is 5.81. The Kier molecular flexibility index (Phi) is 13.4. The molecule has 4 aromatic rings. The normalized spacial score (nSPS) is 17.3. The van der Waals surface area contributed by atoms with E-state index in [-0.39, 0.29) is 81.8 Å². The lowest BCUT2D eigenvalue weighted by atomic mass is 10.0. The number of nitrogens with two attached hydrogens (primary N) is 2. The van der Waals surface area contributed by atoms with Crippen molar-refractivity contribution in [3.05, 3.63) is 82.2 Å². The third-order valence-corrected chi connectivity index (χ3v) is 12.0. The molecule has 2 unspecified atom stereocenters. The molecular weight excluding hydrogens is 833 g/mol. The molecule has 2 aliphatic rings. The van der Waals surface area contributed by atoms with Crippen LogP contribution in [-0.4, -0.2) is 121 Å². The predicted octanol–water partition coefficient (Wildman–Crippen LogP) is 2.58. The Morgan fingerprint density at radius 3 is 1.55 bits per heavy atom. The predicted molar refractivity (Wildman–Crippen MR) is 210 cm³/mol. The molecule has 0 amide bonds. The lowest BCUT2D eigenvalue weighted by molar-refractivity contribution is 0.103. The number of carbonyl (C=O) groups excluding carboxylic acids is 1. The summed E-state index contributed by atoms with van der Waals surface area (Å²) in [5, 5.41) is 5.98. The summed E-state index contributed by atoms with van der Waals surface area (Å²) >= 11 is 5.28. The minimum Gasteiger partial charge on any atom is -0.496 e. The highest BCUT2D eigenvalue weighted by atomic mass is 32.2. The number of nitrogens with zero attached hydrogens (tertiary/aromatic N) is 6. The third kappa shape index (κ3) is 9.86. The Hall–Kier alpha value is -5.30. The molecule has 0 radical (unpaired) electrons. The highest BCUT2D eigenvalue weighted by Gasteiger charge is 2.31. The third-order valence-electron chi connectivity index (χ3n) is 9.04. The molecule has 312 valence electrons. The van der Waals surface area contributed by atoms with Crippen LogP contribution in [0.2, 0.25) is 0 Å². The zero-order valence-corrected chi connectivity index (χ0v) is 33.7. The number of nitrogens with one attached hydrogen (secondary N) is 2. The summed E-state index contributed by atoms with van der Waals surface area (Å²) in [6, 6.07) is 3.77. The largest absolute Gasteiger partial charge is 0.496 e. The fraction of sp³-hybridized carbons (Fsp3) is 0.353. The molecule has 2 saturated heterocycles. The molecule has 4 heterocycles. The van der Waals surface area contributed by atoms with Crippen LogP contribution in [-0.2, 0) is 20.0 Å². The summed E-state index contributed by atoms with van der Waals surface area (Å²) in [7, 11) is -4.03. The quantitative estimate of drug-likeness (QED) is 0.0909. The number of rotatable bonds is 12. The molecular formula is C34H38F4N10O7S3. The Bertz CT molecular complexity index is 2300. The van der Waals surface area contributed by atoms with Crippen LogP contribution in [0.4, 0.5) is 41.1 Å². The average molecular weight is 871 g/mol. The van der Waals surface area contributed by atoms with Crippen molar-refractivity contribution in [1.29, 1.82) is 0 Å². The van der Waals surface area contributed by atoms with Gasteiger partial charge in [-0.1, -0.05) is 12.2 Å². The highest BCUT2D eigenvalue weighted by Crippen LogP contribution is 2.30. The number of carbonyl (C=O) groups is 1. The molecule has 2 atom stereocenters. The number of anilines is 4. The molecule has 0 saturated carbocycles. The zero-order valence-electron chi connectivity index (χ0n) is 31.3. The Labute approximate surface area is 336 Å². The number of ether oxygens (including phenoxy) is 2. The van der Waals surface area contributed by atoms with Crippen molar-refractivity contribution in [3.8, 4) is 11.5 Å². The Morgan fingerprint density at radius 2 is 1.16 bits per heavy atom. The van der Waals surface area contributed by atoms with Gasteiger partial charge in [-0.05, 0) is 37.1 Å². The van der Waals surface area contributed by atoms with Crippen molar-refractivity contribution in [2.24, 2.45) is 0 Å². The van der Waals surface area contributed by atoms with Crippen LogP contribution in [0.3, 0.4) is 0 Å². The number of hydrogen-bond acceptors (Lipinski definition) is 16. The number of halogens is 4. The number of nitrogen functional groups attached to an aromatic ring is 2. The van der Waals surface area contributed by atoms with Gasteiger partial charge >= 0.3 is 0 Å². The maximum atomic E-state index is 14.3. The van der Waals surface area contributed by atoms with E-state index in [0.717, 1.165) is 36.9 Å². The first-order chi connectivity index (χ1) is 27.2. The van der Waals surface area contributed by atoms with Crippen molar-refractivity contribution < 1.29 is 48.7 Å². The van der Waals surface area contributed by atoms with Crippen LogP contribution in [0.25, 0.3) is 0 Å². The van der Waals surface area contributed by atoms with E-state index in [1.54, 1.807) is 0 Å². The van der Waals surface area contributed by atoms with Crippen molar-refractivity contribution in [2.75, 3.05) is 75.0 Å². The lowest BCUT2D eigenvalue weighted by Gasteiger charge is -2.16. The van der Waals surface area contributed by atoms with Crippen LogP contribution in [0.15, 0.2) is 36.7 Å². The first kappa shape index (κ1) is 43.8. The molecule has 24 heteroatoms. The summed E-state index contributed by atoms with van der Waals surface area (Å²) in [5.41, 5.74) is 10.9. The van der Waals surface area contributed by atoms with E-state index < -0.39 is 54.7 Å². The van der Waals surface area contributed by atoms with Gasteiger partial charge in [0.1, 0.15) is 28.7 Å². The first-order valence-electron chi connectivity index (χ1n) is 17.0. The molecule has 0 bridgehead atoms. The fourth-order valence-electron chi connectivity index (χ4n) is 6.04. The van der Waals surface area contributed by atoms with Crippen molar-refractivity contribution in [1.82, 2.24) is 28.5 Å². The number of thiocarbonyl (C=S) groups is 1. The second kappa shape index (κ2) is 17.7. The SMILES string of the molecule is COc1ccc(F)c(F)c1C(=O)c1cnc(NC2CCN(S(C)(=O)=O)C2)nc1N.COc1ccc(F)c(F)c1C(=S)c1cnc(NC2CCN(S(C)(=O)=O)C2)nc1N. The topological polar surface area (TPSA) is 238 Å². The minimum atomic E-state index is -3.29. The van der Waals surface area contributed by atoms with Gasteiger partial charge in [0.2, 0.25) is 37.7 Å². The monoisotopic (exact) mass is 870 g/mol. The van der Waals surface area contributed by atoms with Crippen LogP contribution in [0, 0.1) is 23.3 Å². The van der Waals surface area contributed by atoms with Crippen molar-refractivity contribution in [2.45, 2.75) is 24.9 Å². The van der Waals surface area contributed by atoms with E-state index in [0.29, 0.717) is 25.9 Å². The molecule has 0 aliphatic carbocycles. The molecule has 0 spiro atoms. The number of ketones is 1. The Balaban J connectivity index is 0.000000221. The smallest absolute Gasteiger partial charge is 0.224 e. The Morgan fingerprint density at radius 1 is 0.741 bits per heavy atom. The van der Waals surface area contributed by atoms with E-state index in [1.165, 1.54) is 35.1 Å². The number of hydrogen-bond donors (Lipinski definition) is 4. The number of benzene rings is 2. The van der Waals surface area contributed by atoms with E-state index >= 15 is 0 Å². The average Bonchev–Trinajstić information content (AvgIpc) is 3.84. The van der Waals surface area contributed by atoms with Crippen molar-refractivity contribution in [3.63, 3.8) is 0 Å². The van der Waals surface area contributed by atoms with E-state index in [2.05, 4.69) is 30.6 Å². The van der Waals surface area contributed by atoms with Gasteiger partial charge in [0.15, 0.2) is 23.3 Å². The molecule has 2 fully saturated rings. The summed E-state index contributed by atoms with van der Waals surface area (Å²) in [4.78, 5) is 28.8. The van der Waals surface area contributed by atoms with Crippen molar-refractivity contribution >= 4 is 66.4 Å². The lowest BCUT2D eigenvalue weighted by Crippen LogP contribution is -2.31. The molecule has 58 heavy (non-hydrogen) atoms. The number of methoxy groups -OCH3 is 2. The maximum absolute atomic E-state index is 14.3. The van der Waals surface area contributed by atoms with Gasteiger partial charge in [-0.2, -0.15) is 9.97 Å². The maximum Gasteiger partial charge on any atom is 0.224 e. The van der Waals surface area contributed by atoms with Gasteiger partial charge in [-0.3, -0.25) is 4.79 Å².